The molecule has 1 aromatic heterocycles. The number of aromatic nitrogens is 3. The van der Waals surface area contributed by atoms with E-state index in [1.54, 1.807) is 31.2 Å². The summed E-state index contributed by atoms with van der Waals surface area (Å²) < 4.78 is 83.2. The number of nitrogens with zero attached hydrogens (tertiary/aromatic N) is 5. The van der Waals surface area contributed by atoms with Crippen LogP contribution in [-0.2, 0) is 22.2 Å². The van der Waals surface area contributed by atoms with Crippen molar-refractivity contribution in [1.82, 2.24) is 20.2 Å². The van der Waals surface area contributed by atoms with Crippen molar-refractivity contribution in [2.24, 2.45) is 4.99 Å². The highest BCUT2D eigenvalue weighted by Crippen LogP contribution is 2.39. The maximum atomic E-state index is 13.6. The number of hydrogen-bond donors (Lipinski definition) is 1. The summed E-state index contributed by atoms with van der Waals surface area (Å²) in [6, 6.07) is 14.6. The van der Waals surface area contributed by atoms with E-state index in [1.807, 2.05) is 0 Å². The van der Waals surface area contributed by atoms with E-state index in [2.05, 4.69) is 25.3 Å². The van der Waals surface area contributed by atoms with Crippen LogP contribution in [0.1, 0.15) is 16.7 Å². The number of amidine groups is 1. The van der Waals surface area contributed by atoms with Crippen molar-refractivity contribution >= 4 is 34.6 Å². The van der Waals surface area contributed by atoms with E-state index in [0.29, 0.717) is 29.1 Å². The van der Waals surface area contributed by atoms with E-state index in [1.165, 1.54) is 35.3 Å². The maximum Gasteiger partial charge on any atom is 0.573 e. The maximum absolute atomic E-state index is 13.6. The van der Waals surface area contributed by atoms with Gasteiger partial charge in [-0.1, -0.05) is 42.1 Å². The van der Waals surface area contributed by atoms with Crippen molar-refractivity contribution in [3.63, 3.8) is 0 Å². The van der Waals surface area contributed by atoms with Gasteiger partial charge >= 0.3 is 18.6 Å². The second kappa shape index (κ2) is 13.2. The quantitative estimate of drug-likeness (QED) is 0.130. The summed E-state index contributed by atoms with van der Waals surface area (Å²) in [5.41, 5.74) is 3.13. The molecule has 1 fully saturated rings. The average Bonchev–Trinajstić information content (AvgIpc) is 3.61. The van der Waals surface area contributed by atoms with E-state index in [4.69, 9.17) is 4.84 Å². The number of nitrogens with one attached hydrogen (secondary N) is 1. The fourth-order valence-electron chi connectivity index (χ4n) is 4.28. The fourth-order valence-corrected chi connectivity index (χ4v) is 5.14. The molecule has 240 valence electrons. The molecule has 1 N–H and O–H groups in total. The molecule has 17 heteroatoms. The van der Waals surface area contributed by atoms with Crippen LogP contribution in [0.2, 0.25) is 0 Å². The van der Waals surface area contributed by atoms with Crippen molar-refractivity contribution < 1.29 is 45.5 Å². The molecule has 2 heterocycles. The summed E-state index contributed by atoms with van der Waals surface area (Å²) in [5, 5.41) is 4.14. The third kappa shape index (κ3) is 8.02. The Balaban J connectivity index is 1.14. The number of aliphatic imine (C=N–C) groups is 1. The molecule has 0 bridgehead atoms. The zero-order chi connectivity index (χ0) is 33.1. The normalized spacial score (nSPS) is 14.6. The first-order chi connectivity index (χ1) is 21.8. The van der Waals surface area contributed by atoms with Crippen LogP contribution in [-0.4, -0.2) is 50.6 Å². The second-order valence-corrected chi connectivity index (χ2v) is 10.6. The average molecular weight is 665 g/mol. The largest absolute Gasteiger partial charge is 0.573 e. The number of halogens is 6. The number of anilines is 1. The Kier molecular flexibility index (Phi) is 9.34. The Bertz CT molecular complexity index is 1760. The molecule has 0 atom stereocenters. The van der Waals surface area contributed by atoms with Gasteiger partial charge in [-0.25, -0.2) is 19.9 Å². The van der Waals surface area contributed by atoms with Gasteiger partial charge in [-0.3, -0.25) is 14.5 Å². The molecule has 5 rings (SSSR count). The molecule has 0 radical (unpaired) electrons. The Labute approximate surface area is 261 Å². The minimum absolute atomic E-state index is 0.0305. The Morgan fingerprint density at radius 2 is 1.74 bits per heavy atom. The molecule has 1 aliphatic heterocycles. The smallest absolute Gasteiger partial charge is 0.406 e. The number of thioether (sulfide) groups is 1. The highest BCUT2D eigenvalue weighted by molar-refractivity contribution is 8.15. The van der Waals surface area contributed by atoms with Gasteiger partial charge in [-0.2, -0.15) is 18.2 Å². The molecule has 1 saturated heterocycles. The number of urea groups is 1. The van der Waals surface area contributed by atoms with Crippen molar-refractivity contribution in [3.8, 4) is 22.8 Å². The molecule has 0 aliphatic carbocycles. The number of carbonyl (C=O) groups excluding carboxylic acids is 2. The highest BCUT2D eigenvalue weighted by atomic mass is 32.2. The minimum Gasteiger partial charge on any atom is -0.406 e. The standard InChI is InChI=1S/C29H22F6N6O4S/c1-17-2-11-22(28(30,31)32)23(14-17)41-24(42)15-46-27(41)37-26(43)39-44-13-12-18-3-5-19(6-4-18)25-36-16-40(38-25)20-7-9-21(10-8-20)45-29(33,34)35/h2-11,14,16H,12-13,15H2,1H3,(H,39,43). The first kappa shape index (κ1) is 32.5. The lowest BCUT2D eigenvalue weighted by Gasteiger charge is -2.21. The van der Waals surface area contributed by atoms with Crippen LogP contribution < -0.4 is 15.1 Å². The van der Waals surface area contributed by atoms with Gasteiger partial charge in [-0.05, 0) is 60.9 Å². The van der Waals surface area contributed by atoms with Gasteiger partial charge in [-0.15, -0.1) is 18.3 Å². The molecule has 0 unspecified atom stereocenters. The molecule has 10 nitrogen and oxygen atoms in total. The summed E-state index contributed by atoms with van der Waals surface area (Å²) in [4.78, 5) is 38.7. The Hall–Kier alpha value is -4.90. The highest BCUT2D eigenvalue weighted by Gasteiger charge is 2.40. The molecule has 46 heavy (non-hydrogen) atoms. The predicted octanol–water partition coefficient (Wildman–Crippen LogP) is 6.48. The first-order valence-corrected chi connectivity index (χ1v) is 14.3. The number of alkyl halides is 6. The molecular formula is C29H22F6N6O4S. The predicted molar refractivity (Wildman–Crippen MR) is 155 cm³/mol. The van der Waals surface area contributed by atoms with Crippen molar-refractivity contribution in [2.45, 2.75) is 25.9 Å². The molecule has 3 aromatic carbocycles. The summed E-state index contributed by atoms with van der Waals surface area (Å²) in [6.45, 7) is 1.61. The van der Waals surface area contributed by atoms with E-state index in [9.17, 15) is 35.9 Å². The minimum atomic E-state index is -4.79. The second-order valence-electron chi connectivity index (χ2n) is 9.69. The number of benzene rings is 3. The van der Waals surface area contributed by atoms with Crippen LogP contribution in [0.3, 0.4) is 0 Å². The molecular weight excluding hydrogens is 642 g/mol. The summed E-state index contributed by atoms with van der Waals surface area (Å²) in [5.74, 6) is -0.818. The van der Waals surface area contributed by atoms with Gasteiger partial charge in [0.05, 0.1) is 29.3 Å². The number of rotatable bonds is 8. The van der Waals surface area contributed by atoms with Crippen LogP contribution >= 0.6 is 11.8 Å². The third-order valence-electron chi connectivity index (χ3n) is 6.35. The third-order valence-corrected chi connectivity index (χ3v) is 7.28. The lowest BCUT2D eigenvalue weighted by atomic mass is 10.1. The van der Waals surface area contributed by atoms with E-state index in [0.717, 1.165) is 40.4 Å². The lowest BCUT2D eigenvalue weighted by Crippen LogP contribution is -2.33. The number of carbonyl (C=O) groups is 2. The SMILES string of the molecule is Cc1ccc(C(F)(F)F)c(N2C(=O)CSC2=NC(=O)NOCCc2ccc(-c3ncn(-c4ccc(OC(F)(F)F)cc4)n3)cc2)c1. The lowest BCUT2D eigenvalue weighted by molar-refractivity contribution is -0.274. The van der Waals surface area contributed by atoms with Crippen LogP contribution in [0.5, 0.6) is 5.75 Å². The van der Waals surface area contributed by atoms with Gasteiger partial charge < -0.3 is 4.74 Å². The summed E-state index contributed by atoms with van der Waals surface area (Å²) in [7, 11) is 0. The number of aryl methyl sites for hydroxylation is 1. The van der Waals surface area contributed by atoms with Crippen LogP contribution in [0, 0.1) is 6.92 Å². The van der Waals surface area contributed by atoms with E-state index in [-0.39, 0.29) is 23.3 Å². The fraction of sp³-hybridized carbons (Fsp3) is 0.207. The van der Waals surface area contributed by atoms with Crippen molar-refractivity contribution in [1.29, 1.82) is 0 Å². The molecule has 1 aliphatic rings. The van der Waals surface area contributed by atoms with E-state index < -0.39 is 35.7 Å². The Morgan fingerprint density at radius 3 is 2.41 bits per heavy atom. The van der Waals surface area contributed by atoms with Gasteiger partial charge in [0.15, 0.2) is 11.0 Å². The van der Waals surface area contributed by atoms with Crippen molar-refractivity contribution in [2.75, 3.05) is 17.3 Å². The zero-order valence-electron chi connectivity index (χ0n) is 23.6. The number of amides is 3. The number of hydrogen-bond acceptors (Lipinski definition) is 7. The van der Waals surface area contributed by atoms with Crippen LogP contribution in [0.25, 0.3) is 17.1 Å². The topological polar surface area (TPSA) is 111 Å². The van der Waals surface area contributed by atoms with Gasteiger partial charge in [0.1, 0.15) is 12.1 Å². The Morgan fingerprint density at radius 1 is 1.02 bits per heavy atom. The van der Waals surface area contributed by atoms with Crippen molar-refractivity contribution in [3.05, 3.63) is 89.7 Å². The summed E-state index contributed by atoms with van der Waals surface area (Å²) >= 11 is 0.833. The van der Waals surface area contributed by atoms with Crippen LogP contribution in [0.4, 0.5) is 36.8 Å². The molecule has 4 aromatic rings. The summed E-state index contributed by atoms with van der Waals surface area (Å²) in [6.07, 6.45) is -7.74. The zero-order valence-corrected chi connectivity index (χ0v) is 24.4. The number of ether oxygens (including phenoxy) is 1. The van der Waals surface area contributed by atoms with E-state index >= 15 is 0 Å². The van der Waals surface area contributed by atoms with Gasteiger partial charge in [0.25, 0.3) is 0 Å². The first-order valence-electron chi connectivity index (χ1n) is 13.3. The molecule has 0 saturated carbocycles. The molecule has 0 spiro atoms. The number of hydroxylamine groups is 1. The van der Waals surface area contributed by atoms with Gasteiger partial charge in [0, 0.05) is 5.56 Å². The van der Waals surface area contributed by atoms with Gasteiger partial charge in [0.2, 0.25) is 5.91 Å². The monoisotopic (exact) mass is 664 g/mol. The molecule has 3 amide bonds. The van der Waals surface area contributed by atoms with Crippen LogP contribution in [0.15, 0.2) is 78.0 Å².